The van der Waals surface area contributed by atoms with E-state index in [4.69, 9.17) is 0 Å². The lowest BCUT2D eigenvalue weighted by Crippen LogP contribution is -2.27. The van der Waals surface area contributed by atoms with Crippen molar-refractivity contribution in [3.05, 3.63) is 29.3 Å². The fraction of sp³-hybridized carbons (Fsp3) is 0.600. The summed E-state index contributed by atoms with van der Waals surface area (Å²) in [6.45, 7) is 2.11. The number of nitrogens with one attached hydrogen (secondary N) is 1. The molecule has 2 rings (SSSR count). The van der Waals surface area contributed by atoms with Crippen molar-refractivity contribution in [1.82, 2.24) is 10.2 Å². The largest absolute Gasteiger partial charge is 0.508 e. The van der Waals surface area contributed by atoms with Gasteiger partial charge in [0.1, 0.15) is 5.75 Å². The van der Waals surface area contributed by atoms with E-state index in [-0.39, 0.29) is 0 Å². The van der Waals surface area contributed by atoms with E-state index in [2.05, 4.69) is 30.4 Å². The van der Waals surface area contributed by atoms with Crippen LogP contribution in [0, 0.1) is 0 Å². The smallest absolute Gasteiger partial charge is 0.120 e. The van der Waals surface area contributed by atoms with Gasteiger partial charge in [-0.1, -0.05) is 18.6 Å². The number of aromatic hydroxyl groups is 1. The van der Waals surface area contributed by atoms with Crippen molar-refractivity contribution in [3.63, 3.8) is 0 Å². The van der Waals surface area contributed by atoms with Crippen molar-refractivity contribution >= 4 is 0 Å². The lowest BCUT2D eigenvalue weighted by atomic mass is 9.94. The summed E-state index contributed by atoms with van der Waals surface area (Å²) in [4.78, 5) is 2.19. The third kappa shape index (κ3) is 3.47. The summed E-state index contributed by atoms with van der Waals surface area (Å²) in [6, 6.07) is 6.38. The molecule has 1 atom stereocenters. The Hall–Kier alpha value is -1.06. The molecule has 0 amide bonds. The van der Waals surface area contributed by atoms with Gasteiger partial charge in [-0.3, -0.25) is 0 Å². The molecule has 1 aromatic rings. The van der Waals surface area contributed by atoms with Gasteiger partial charge in [0.2, 0.25) is 0 Å². The zero-order valence-electron chi connectivity index (χ0n) is 11.4. The van der Waals surface area contributed by atoms with Crippen molar-refractivity contribution in [1.29, 1.82) is 0 Å². The van der Waals surface area contributed by atoms with Crippen molar-refractivity contribution < 1.29 is 5.11 Å². The number of likely N-dealkylation sites (N-methyl/N-ethyl adjacent to an activating group) is 1. The molecule has 0 aromatic heterocycles. The predicted molar refractivity (Wildman–Crippen MR) is 75.0 cm³/mol. The van der Waals surface area contributed by atoms with Gasteiger partial charge in [0.25, 0.3) is 0 Å². The third-order valence-corrected chi connectivity index (χ3v) is 3.63. The lowest BCUT2D eigenvalue weighted by Gasteiger charge is -2.25. The summed E-state index contributed by atoms with van der Waals surface area (Å²) in [5.41, 5.74) is 2.38. The molecule has 1 heterocycles. The molecule has 18 heavy (non-hydrogen) atoms. The van der Waals surface area contributed by atoms with Gasteiger partial charge in [-0.25, -0.2) is 0 Å². The van der Waals surface area contributed by atoms with Crippen molar-refractivity contribution in [2.45, 2.75) is 31.7 Å². The molecule has 2 N–H and O–H groups in total. The van der Waals surface area contributed by atoms with Crippen molar-refractivity contribution in [2.75, 3.05) is 27.2 Å². The Kier molecular flexibility index (Phi) is 4.61. The van der Waals surface area contributed by atoms with E-state index in [0.717, 1.165) is 31.5 Å². The van der Waals surface area contributed by atoms with Crippen molar-refractivity contribution in [2.24, 2.45) is 0 Å². The quantitative estimate of drug-likeness (QED) is 0.858. The highest BCUT2D eigenvalue weighted by atomic mass is 16.3. The van der Waals surface area contributed by atoms with Crippen LogP contribution in [0.4, 0.5) is 0 Å². The molecule has 1 aromatic carbocycles. The van der Waals surface area contributed by atoms with Gasteiger partial charge in [-0.2, -0.15) is 0 Å². The lowest BCUT2D eigenvalue weighted by molar-refractivity contribution is 0.389. The van der Waals surface area contributed by atoms with Crippen LogP contribution in [0.2, 0.25) is 0 Å². The fourth-order valence-electron chi connectivity index (χ4n) is 2.51. The van der Waals surface area contributed by atoms with Crippen LogP contribution in [0.5, 0.6) is 5.75 Å². The standard InChI is InChI=1S/C15H24N2O/c1-17(2)10-8-12-6-7-15(18)13(11-12)14-5-3-4-9-16-14/h6-7,11,14,16,18H,3-5,8-10H2,1-2H3. The molecule has 1 unspecified atom stereocenters. The molecular formula is C15H24N2O. The maximum Gasteiger partial charge on any atom is 0.120 e. The fourth-order valence-corrected chi connectivity index (χ4v) is 2.51. The zero-order chi connectivity index (χ0) is 13.0. The molecular weight excluding hydrogens is 224 g/mol. The van der Waals surface area contributed by atoms with Gasteiger partial charge < -0.3 is 15.3 Å². The average molecular weight is 248 g/mol. The second-order valence-corrected chi connectivity index (χ2v) is 5.45. The van der Waals surface area contributed by atoms with Gasteiger partial charge in [0.05, 0.1) is 0 Å². The molecule has 1 fully saturated rings. The first-order valence-corrected chi connectivity index (χ1v) is 6.87. The second-order valence-electron chi connectivity index (χ2n) is 5.45. The first-order valence-electron chi connectivity index (χ1n) is 6.87. The summed E-state index contributed by atoms with van der Waals surface area (Å²) < 4.78 is 0. The molecule has 3 nitrogen and oxygen atoms in total. The Bertz CT molecular complexity index is 384. The molecule has 0 aliphatic carbocycles. The van der Waals surface area contributed by atoms with Gasteiger partial charge >= 0.3 is 0 Å². The molecule has 0 saturated carbocycles. The highest BCUT2D eigenvalue weighted by Crippen LogP contribution is 2.30. The van der Waals surface area contributed by atoms with E-state index >= 15 is 0 Å². The van der Waals surface area contributed by atoms with Gasteiger partial charge in [-0.15, -0.1) is 0 Å². The Morgan fingerprint density at radius 1 is 1.33 bits per heavy atom. The third-order valence-electron chi connectivity index (χ3n) is 3.63. The summed E-state index contributed by atoms with van der Waals surface area (Å²) in [5, 5.41) is 13.5. The number of hydrogen-bond acceptors (Lipinski definition) is 3. The van der Waals surface area contributed by atoms with Gasteiger partial charge in [0.15, 0.2) is 0 Å². The van der Waals surface area contributed by atoms with Crippen LogP contribution in [-0.4, -0.2) is 37.2 Å². The van der Waals surface area contributed by atoms with Crippen LogP contribution in [0.3, 0.4) is 0 Å². The minimum Gasteiger partial charge on any atom is -0.508 e. The monoisotopic (exact) mass is 248 g/mol. The highest BCUT2D eigenvalue weighted by molar-refractivity contribution is 5.38. The van der Waals surface area contributed by atoms with Crippen LogP contribution >= 0.6 is 0 Å². The first kappa shape index (κ1) is 13.4. The summed E-state index contributed by atoms with van der Waals surface area (Å²) >= 11 is 0. The number of rotatable bonds is 4. The summed E-state index contributed by atoms with van der Waals surface area (Å²) in [6.07, 6.45) is 4.66. The topological polar surface area (TPSA) is 35.5 Å². The number of phenolic OH excluding ortho intramolecular Hbond substituents is 1. The van der Waals surface area contributed by atoms with Gasteiger partial charge in [0, 0.05) is 18.2 Å². The first-order chi connectivity index (χ1) is 8.66. The summed E-state index contributed by atoms with van der Waals surface area (Å²) in [5.74, 6) is 0.433. The van der Waals surface area contributed by atoms with Gasteiger partial charge in [-0.05, 0) is 51.5 Å². The average Bonchev–Trinajstić information content (AvgIpc) is 2.38. The second kappa shape index (κ2) is 6.21. The normalized spacial score (nSPS) is 20.3. The number of nitrogens with zero attached hydrogens (tertiary/aromatic N) is 1. The van der Waals surface area contributed by atoms with E-state index in [9.17, 15) is 5.11 Å². The minimum absolute atomic E-state index is 0.332. The summed E-state index contributed by atoms with van der Waals surface area (Å²) in [7, 11) is 4.17. The van der Waals surface area contributed by atoms with Crippen molar-refractivity contribution in [3.8, 4) is 5.75 Å². The molecule has 3 heteroatoms. The van der Waals surface area contributed by atoms with E-state index in [1.54, 1.807) is 0 Å². The molecule has 0 radical (unpaired) electrons. The van der Waals surface area contributed by atoms with E-state index < -0.39 is 0 Å². The Morgan fingerprint density at radius 2 is 2.17 bits per heavy atom. The van der Waals surface area contributed by atoms with Crippen LogP contribution in [-0.2, 0) is 6.42 Å². The maximum atomic E-state index is 10.0. The van der Waals surface area contributed by atoms with Crippen LogP contribution in [0.1, 0.15) is 36.4 Å². The molecule has 1 aliphatic heterocycles. The predicted octanol–water partition coefficient (Wildman–Crippen LogP) is 2.31. The molecule has 100 valence electrons. The number of piperidine rings is 1. The number of phenols is 1. The van der Waals surface area contributed by atoms with E-state index in [1.807, 2.05) is 12.1 Å². The molecule has 0 spiro atoms. The SMILES string of the molecule is CN(C)CCc1ccc(O)c(C2CCCCN2)c1. The zero-order valence-corrected chi connectivity index (χ0v) is 11.4. The Balaban J connectivity index is 2.10. The Morgan fingerprint density at radius 3 is 2.83 bits per heavy atom. The van der Waals surface area contributed by atoms with Crippen LogP contribution < -0.4 is 5.32 Å². The number of benzene rings is 1. The molecule has 1 aliphatic rings. The van der Waals surface area contributed by atoms with Crippen LogP contribution in [0.15, 0.2) is 18.2 Å². The molecule has 0 bridgehead atoms. The van der Waals surface area contributed by atoms with Crippen LogP contribution in [0.25, 0.3) is 0 Å². The molecule has 1 saturated heterocycles. The highest BCUT2D eigenvalue weighted by Gasteiger charge is 2.18. The minimum atomic E-state index is 0.332. The van der Waals surface area contributed by atoms with E-state index in [1.165, 1.54) is 18.4 Å². The maximum absolute atomic E-state index is 10.0. The Labute approximate surface area is 110 Å². The number of hydrogen-bond donors (Lipinski definition) is 2. The van der Waals surface area contributed by atoms with E-state index in [0.29, 0.717) is 11.8 Å².